The number of rotatable bonds is 3. The zero-order valence-electron chi connectivity index (χ0n) is 12.9. The maximum atomic E-state index is 12.2. The monoisotopic (exact) mass is 315 g/mol. The average Bonchev–Trinajstić information content (AvgIpc) is 2.66. The molecule has 1 atom stereocenters. The van der Waals surface area contributed by atoms with E-state index in [0.717, 1.165) is 25.7 Å². The van der Waals surface area contributed by atoms with Gasteiger partial charge in [-0.25, -0.2) is 0 Å². The van der Waals surface area contributed by atoms with Gasteiger partial charge >= 0.3 is 0 Å². The molecule has 1 saturated carbocycles. The first kappa shape index (κ1) is 15.5. The Morgan fingerprint density at radius 2 is 1.87 bits per heavy atom. The molecule has 1 fully saturated rings. The van der Waals surface area contributed by atoms with Crippen molar-refractivity contribution in [2.75, 3.05) is 5.32 Å². The van der Waals surface area contributed by atoms with E-state index in [2.05, 4.69) is 16.0 Å². The van der Waals surface area contributed by atoms with E-state index in [1.54, 1.807) is 24.3 Å². The first-order chi connectivity index (χ1) is 11.1. The summed E-state index contributed by atoms with van der Waals surface area (Å²) in [7, 11) is 0. The maximum absolute atomic E-state index is 12.2. The number of amides is 3. The fourth-order valence-electron chi connectivity index (χ4n) is 3.17. The average molecular weight is 315 g/mol. The lowest BCUT2D eigenvalue weighted by atomic mass is 9.95. The van der Waals surface area contributed by atoms with Crippen LogP contribution in [0.5, 0.6) is 0 Å². The standard InChI is InChI=1S/C17H21N3O3/c21-15(18-11-6-2-1-3-7-11)10-14-17(23)19-13-9-5-4-8-12(13)16(22)20-14/h4-5,8-9,11,14H,1-3,6-7,10H2,(H,18,21)(H,19,23)(H,20,22)/t14-/m0/s1. The van der Waals surface area contributed by atoms with E-state index < -0.39 is 6.04 Å². The Balaban J connectivity index is 1.63. The molecule has 1 heterocycles. The van der Waals surface area contributed by atoms with E-state index in [1.165, 1.54) is 6.42 Å². The third-order valence-electron chi connectivity index (χ3n) is 4.41. The molecule has 0 bridgehead atoms. The van der Waals surface area contributed by atoms with Crippen molar-refractivity contribution >= 4 is 23.4 Å². The lowest BCUT2D eigenvalue weighted by molar-refractivity contribution is -0.126. The molecule has 0 saturated heterocycles. The van der Waals surface area contributed by atoms with Crippen LogP contribution >= 0.6 is 0 Å². The topological polar surface area (TPSA) is 87.3 Å². The van der Waals surface area contributed by atoms with Gasteiger partial charge in [0.25, 0.3) is 5.91 Å². The fraction of sp³-hybridized carbons (Fsp3) is 0.471. The smallest absolute Gasteiger partial charge is 0.254 e. The molecule has 0 spiro atoms. The lowest BCUT2D eigenvalue weighted by Crippen LogP contribution is -2.46. The third-order valence-corrected chi connectivity index (χ3v) is 4.41. The summed E-state index contributed by atoms with van der Waals surface area (Å²) < 4.78 is 0. The molecule has 3 amide bonds. The Hall–Kier alpha value is -2.37. The quantitative estimate of drug-likeness (QED) is 0.791. The van der Waals surface area contributed by atoms with Gasteiger partial charge in [-0.05, 0) is 25.0 Å². The second-order valence-electron chi connectivity index (χ2n) is 6.17. The summed E-state index contributed by atoms with van der Waals surface area (Å²) in [5.41, 5.74) is 0.890. The summed E-state index contributed by atoms with van der Waals surface area (Å²) in [6, 6.07) is 6.16. The largest absolute Gasteiger partial charge is 0.353 e. The second kappa shape index (κ2) is 6.81. The first-order valence-electron chi connectivity index (χ1n) is 8.13. The van der Waals surface area contributed by atoms with Crippen molar-refractivity contribution in [3.05, 3.63) is 29.8 Å². The predicted molar refractivity (Wildman–Crippen MR) is 86.0 cm³/mol. The van der Waals surface area contributed by atoms with E-state index in [1.807, 2.05) is 0 Å². The van der Waals surface area contributed by atoms with Crippen LogP contribution in [0.15, 0.2) is 24.3 Å². The van der Waals surface area contributed by atoms with Crippen LogP contribution in [0.3, 0.4) is 0 Å². The summed E-state index contributed by atoms with van der Waals surface area (Å²) in [5, 5.41) is 8.32. The van der Waals surface area contributed by atoms with E-state index in [9.17, 15) is 14.4 Å². The Morgan fingerprint density at radius 1 is 1.13 bits per heavy atom. The van der Waals surface area contributed by atoms with Crippen molar-refractivity contribution in [3.63, 3.8) is 0 Å². The molecule has 3 N–H and O–H groups in total. The molecule has 2 aliphatic rings. The summed E-state index contributed by atoms with van der Waals surface area (Å²) >= 11 is 0. The van der Waals surface area contributed by atoms with Gasteiger partial charge in [-0.15, -0.1) is 0 Å². The van der Waals surface area contributed by atoms with Crippen LogP contribution in [0.1, 0.15) is 48.9 Å². The summed E-state index contributed by atoms with van der Waals surface area (Å²) in [6.45, 7) is 0. The van der Waals surface area contributed by atoms with Gasteiger partial charge in [-0.3, -0.25) is 14.4 Å². The molecule has 1 aliphatic carbocycles. The van der Waals surface area contributed by atoms with Crippen molar-refractivity contribution in [2.24, 2.45) is 0 Å². The minimum absolute atomic E-state index is 0.0396. The SMILES string of the molecule is O=C(C[C@@H]1NC(=O)c2ccccc2NC1=O)NC1CCCCC1. The second-order valence-corrected chi connectivity index (χ2v) is 6.17. The van der Waals surface area contributed by atoms with Crippen LogP contribution < -0.4 is 16.0 Å². The van der Waals surface area contributed by atoms with Gasteiger partial charge in [-0.2, -0.15) is 0 Å². The fourth-order valence-corrected chi connectivity index (χ4v) is 3.17. The number of nitrogens with one attached hydrogen (secondary N) is 3. The number of anilines is 1. The van der Waals surface area contributed by atoms with Crippen LogP contribution in [0.25, 0.3) is 0 Å². The maximum Gasteiger partial charge on any atom is 0.254 e. The van der Waals surface area contributed by atoms with Crippen molar-refractivity contribution < 1.29 is 14.4 Å². The molecule has 3 rings (SSSR count). The highest BCUT2D eigenvalue weighted by molar-refractivity contribution is 6.10. The molecule has 6 heteroatoms. The first-order valence-corrected chi connectivity index (χ1v) is 8.13. The molecule has 1 aromatic carbocycles. The van der Waals surface area contributed by atoms with Gasteiger partial charge < -0.3 is 16.0 Å². The molecular formula is C17H21N3O3. The van der Waals surface area contributed by atoms with Crippen LogP contribution in [-0.2, 0) is 9.59 Å². The number of carbonyl (C=O) groups excluding carboxylic acids is 3. The Bertz CT molecular complexity index is 623. The normalized spacial score (nSPS) is 21.7. The van der Waals surface area contributed by atoms with Gasteiger partial charge in [-0.1, -0.05) is 31.4 Å². The minimum Gasteiger partial charge on any atom is -0.353 e. The van der Waals surface area contributed by atoms with Crippen molar-refractivity contribution in [3.8, 4) is 0 Å². The number of hydrogen-bond donors (Lipinski definition) is 3. The van der Waals surface area contributed by atoms with Crippen LogP contribution in [0.4, 0.5) is 5.69 Å². The van der Waals surface area contributed by atoms with Gasteiger partial charge in [0.05, 0.1) is 17.7 Å². The lowest BCUT2D eigenvalue weighted by Gasteiger charge is -2.23. The molecule has 1 aliphatic heterocycles. The molecule has 0 aromatic heterocycles. The van der Waals surface area contributed by atoms with Crippen molar-refractivity contribution in [1.29, 1.82) is 0 Å². The zero-order chi connectivity index (χ0) is 16.2. The predicted octanol–water partition coefficient (Wildman–Crippen LogP) is 1.58. The Morgan fingerprint density at radius 3 is 2.65 bits per heavy atom. The van der Waals surface area contributed by atoms with E-state index in [0.29, 0.717) is 11.3 Å². The number of benzene rings is 1. The molecule has 122 valence electrons. The number of hydrogen-bond acceptors (Lipinski definition) is 3. The number of carbonyl (C=O) groups is 3. The van der Waals surface area contributed by atoms with E-state index in [4.69, 9.17) is 0 Å². The molecule has 1 aromatic rings. The summed E-state index contributed by atoms with van der Waals surface area (Å²) in [5.74, 6) is -0.889. The Kier molecular flexibility index (Phi) is 4.60. The molecule has 23 heavy (non-hydrogen) atoms. The highest BCUT2D eigenvalue weighted by Gasteiger charge is 2.30. The van der Waals surface area contributed by atoms with E-state index in [-0.39, 0.29) is 30.2 Å². The van der Waals surface area contributed by atoms with Crippen LogP contribution in [0, 0.1) is 0 Å². The van der Waals surface area contributed by atoms with Crippen LogP contribution in [-0.4, -0.2) is 29.8 Å². The highest BCUT2D eigenvalue weighted by Crippen LogP contribution is 2.20. The summed E-state index contributed by atoms with van der Waals surface area (Å²) in [6.07, 6.45) is 5.40. The van der Waals surface area contributed by atoms with E-state index >= 15 is 0 Å². The van der Waals surface area contributed by atoms with Crippen molar-refractivity contribution in [1.82, 2.24) is 10.6 Å². The molecule has 0 radical (unpaired) electrons. The van der Waals surface area contributed by atoms with Gasteiger partial charge in [0.1, 0.15) is 6.04 Å². The highest BCUT2D eigenvalue weighted by atomic mass is 16.2. The van der Waals surface area contributed by atoms with Gasteiger partial charge in [0.15, 0.2) is 0 Å². The minimum atomic E-state index is -0.849. The number of para-hydroxylation sites is 1. The van der Waals surface area contributed by atoms with Gasteiger partial charge in [0.2, 0.25) is 11.8 Å². The third kappa shape index (κ3) is 3.70. The van der Waals surface area contributed by atoms with Gasteiger partial charge in [0, 0.05) is 6.04 Å². The molecule has 0 unspecified atom stereocenters. The molecule has 6 nitrogen and oxygen atoms in total. The zero-order valence-corrected chi connectivity index (χ0v) is 12.9. The number of fused-ring (bicyclic) bond motifs is 1. The van der Waals surface area contributed by atoms with Crippen molar-refractivity contribution in [2.45, 2.75) is 50.6 Å². The van der Waals surface area contributed by atoms with Crippen LogP contribution in [0.2, 0.25) is 0 Å². The Labute approximate surface area is 135 Å². The molecular weight excluding hydrogens is 294 g/mol. The summed E-state index contributed by atoms with van der Waals surface area (Å²) in [4.78, 5) is 36.6.